The quantitative estimate of drug-likeness (QED) is 0.687. The van der Waals surface area contributed by atoms with Crippen molar-refractivity contribution in [3.8, 4) is 0 Å². The van der Waals surface area contributed by atoms with Crippen molar-refractivity contribution in [2.24, 2.45) is 0 Å². The van der Waals surface area contributed by atoms with Crippen LogP contribution in [0.15, 0.2) is 18.5 Å². The van der Waals surface area contributed by atoms with Gasteiger partial charge in [-0.2, -0.15) is 0 Å². The van der Waals surface area contributed by atoms with Crippen molar-refractivity contribution in [2.75, 3.05) is 33.2 Å². The molecule has 1 aromatic rings. The van der Waals surface area contributed by atoms with Crippen LogP contribution in [0.1, 0.15) is 12.0 Å². The molecule has 2 heterocycles. The molecule has 5 heteroatoms. The number of hydrogen-bond acceptors (Lipinski definition) is 3. The minimum absolute atomic E-state index is 0.137. The molecule has 0 radical (unpaired) electrons. The van der Waals surface area contributed by atoms with Crippen LogP contribution in [0.2, 0.25) is 0 Å². The van der Waals surface area contributed by atoms with Gasteiger partial charge >= 0.3 is 0 Å². The van der Waals surface area contributed by atoms with E-state index >= 15 is 0 Å². The van der Waals surface area contributed by atoms with E-state index in [0.29, 0.717) is 13.0 Å². The number of carbonyl (C=O) groups excluding carboxylic acids is 1. The average molecular weight is 250 g/mol. The molecule has 100 valence electrons. The molecule has 18 heavy (non-hydrogen) atoms. The Morgan fingerprint density at radius 2 is 2.50 bits per heavy atom. The molecular weight excluding hydrogens is 228 g/mol. The van der Waals surface area contributed by atoms with Gasteiger partial charge in [0, 0.05) is 51.0 Å². The number of carbonyl (C=O) groups is 1. The lowest BCUT2D eigenvalue weighted by Crippen LogP contribution is -2.50. The number of H-pyrrole nitrogens is 1. The van der Waals surface area contributed by atoms with Gasteiger partial charge in [0.05, 0.1) is 0 Å². The Morgan fingerprint density at radius 3 is 3.22 bits per heavy atom. The lowest BCUT2D eigenvalue weighted by molar-refractivity contribution is -0.121. The lowest BCUT2D eigenvalue weighted by atomic mass is 10.1. The zero-order valence-corrected chi connectivity index (χ0v) is 10.9. The van der Waals surface area contributed by atoms with Crippen LogP contribution in [-0.4, -0.2) is 55.1 Å². The molecule has 1 aliphatic heterocycles. The predicted octanol–water partition coefficient (Wildman–Crippen LogP) is -0.0329. The van der Waals surface area contributed by atoms with Gasteiger partial charge in [0.15, 0.2) is 0 Å². The topological polar surface area (TPSA) is 60.2 Å². The van der Waals surface area contributed by atoms with Gasteiger partial charge in [-0.25, -0.2) is 0 Å². The number of aromatic nitrogens is 1. The molecule has 1 amide bonds. The molecule has 3 N–H and O–H groups in total. The maximum atomic E-state index is 11.8. The Bertz CT molecular complexity index is 363. The van der Waals surface area contributed by atoms with E-state index in [1.54, 1.807) is 0 Å². The summed E-state index contributed by atoms with van der Waals surface area (Å²) in [5.74, 6) is 0.137. The molecule has 1 atom stereocenters. The first-order valence-corrected chi connectivity index (χ1v) is 6.54. The van der Waals surface area contributed by atoms with Gasteiger partial charge in [0.25, 0.3) is 0 Å². The van der Waals surface area contributed by atoms with Crippen molar-refractivity contribution in [1.82, 2.24) is 20.5 Å². The molecule has 5 nitrogen and oxygen atoms in total. The predicted molar refractivity (Wildman–Crippen MR) is 71.4 cm³/mol. The van der Waals surface area contributed by atoms with Gasteiger partial charge in [-0.1, -0.05) is 0 Å². The molecular formula is C13H22N4O. The molecule has 1 aromatic heterocycles. The fourth-order valence-electron chi connectivity index (χ4n) is 2.28. The van der Waals surface area contributed by atoms with Crippen LogP contribution in [0.5, 0.6) is 0 Å². The summed E-state index contributed by atoms with van der Waals surface area (Å²) in [6, 6.07) is 2.32. The van der Waals surface area contributed by atoms with E-state index in [2.05, 4.69) is 27.6 Å². The average Bonchev–Trinajstić information content (AvgIpc) is 2.82. The molecule has 0 bridgehead atoms. The monoisotopic (exact) mass is 250 g/mol. The van der Waals surface area contributed by atoms with Gasteiger partial charge in [-0.15, -0.1) is 0 Å². The van der Waals surface area contributed by atoms with Crippen molar-refractivity contribution in [3.05, 3.63) is 24.0 Å². The highest BCUT2D eigenvalue weighted by molar-refractivity contribution is 5.76. The normalized spacial score (nSPS) is 20.8. The van der Waals surface area contributed by atoms with E-state index < -0.39 is 0 Å². The van der Waals surface area contributed by atoms with Crippen molar-refractivity contribution < 1.29 is 4.79 Å². The Balaban J connectivity index is 1.62. The van der Waals surface area contributed by atoms with Crippen LogP contribution in [0.3, 0.4) is 0 Å². The molecule has 0 spiro atoms. The van der Waals surface area contributed by atoms with E-state index in [4.69, 9.17) is 0 Å². The number of nitrogens with one attached hydrogen (secondary N) is 3. The van der Waals surface area contributed by atoms with Crippen LogP contribution in [0.25, 0.3) is 0 Å². The van der Waals surface area contributed by atoms with Crippen molar-refractivity contribution in [2.45, 2.75) is 18.9 Å². The third-order valence-corrected chi connectivity index (χ3v) is 3.29. The fraction of sp³-hybridized carbons (Fsp3) is 0.615. The number of amides is 1. The second-order valence-electron chi connectivity index (χ2n) is 4.94. The zero-order valence-electron chi connectivity index (χ0n) is 10.9. The van der Waals surface area contributed by atoms with E-state index in [9.17, 15) is 4.79 Å². The standard InChI is InChI=1S/C13H22N4O/c1-17-7-6-15-12(10-17)8-13(18)16-5-3-11-2-4-14-9-11/h2,4,9,12,14-15H,3,5-8,10H2,1H3,(H,16,18). The van der Waals surface area contributed by atoms with Gasteiger partial charge < -0.3 is 20.5 Å². The van der Waals surface area contributed by atoms with Gasteiger partial charge in [-0.05, 0) is 25.1 Å². The molecule has 0 aromatic carbocycles. The molecule has 1 saturated heterocycles. The first-order valence-electron chi connectivity index (χ1n) is 6.54. The summed E-state index contributed by atoms with van der Waals surface area (Å²) < 4.78 is 0. The van der Waals surface area contributed by atoms with E-state index in [0.717, 1.165) is 26.1 Å². The first-order chi connectivity index (χ1) is 8.74. The first kappa shape index (κ1) is 13.1. The highest BCUT2D eigenvalue weighted by atomic mass is 16.1. The maximum Gasteiger partial charge on any atom is 0.221 e. The summed E-state index contributed by atoms with van der Waals surface area (Å²) in [4.78, 5) is 17.0. The van der Waals surface area contributed by atoms with Gasteiger partial charge in [-0.3, -0.25) is 4.79 Å². The van der Waals surface area contributed by atoms with E-state index in [1.165, 1.54) is 5.56 Å². The minimum atomic E-state index is 0.137. The van der Waals surface area contributed by atoms with Gasteiger partial charge in [0.2, 0.25) is 5.91 Å². The Morgan fingerprint density at radius 1 is 1.61 bits per heavy atom. The van der Waals surface area contributed by atoms with Crippen molar-refractivity contribution >= 4 is 5.91 Å². The lowest BCUT2D eigenvalue weighted by Gasteiger charge is -2.30. The Labute approximate surface area is 108 Å². The molecule has 1 fully saturated rings. The summed E-state index contributed by atoms with van der Waals surface area (Å²) in [5, 5.41) is 6.35. The fourth-order valence-corrected chi connectivity index (χ4v) is 2.28. The highest BCUT2D eigenvalue weighted by Gasteiger charge is 2.18. The second kappa shape index (κ2) is 6.56. The summed E-state index contributed by atoms with van der Waals surface area (Å²) in [6.45, 7) is 3.69. The third-order valence-electron chi connectivity index (χ3n) is 3.29. The highest BCUT2D eigenvalue weighted by Crippen LogP contribution is 2.01. The van der Waals surface area contributed by atoms with Crippen LogP contribution in [0, 0.1) is 0 Å². The third kappa shape index (κ3) is 4.16. The molecule has 2 rings (SSSR count). The summed E-state index contributed by atoms with van der Waals surface area (Å²) in [5.41, 5.74) is 1.23. The van der Waals surface area contributed by atoms with Crippen LogP contribution < -0.4 is 10.6 Å². The number of likely N-dealkylation sites (N-methyl/N-ethyl adjacent to an activating group) is 1. The van der Waals surface area contributed by atoms with Crippen molar-refractivity contribution in [3.63, 3.8) is 0 Å². The smallest absolute Gasteiger partial charge is 0.221 e. The van der Waals surface area contributed by atoms with Crippen molar-refractivity contribution in [1.29, 1.82) is 0 Å². The number of nitrogens with zero attached hydrogens (tertiary/aromatic N) is 1. The molecule has 1 aliphatic rings. The second-order valence-corrected chi connectivity index (χ2v) is 4.94. The number of aromatic amines is 1. The number of hydrogen-bond donors (Lipinski definition) is 3. The maximum absolute atomic E-state index is 11.8. The zero-order chi connectivity index (χ0) is 12.8. The summed E-state index contributed by atoms with van der Waals surface area (Å²) >= 11 is 0. The Hall–Kier alpha value is -1.33. The largest absolute Gasteiger partial charge is 0.367 e. The molecule has 0 saturated carbocycles. The SMILES string of the molecule is CN1CCNC(CC(=O)NCCc2cc[nH]c2)C1. The number of piperazine rings is 1. The molecule has 0 aliphatic carbocycles. The Kier molecular flexibility index (Phi) is 4.78. The summed E-state index contributed by atoms with van der Waals surface area (Å²) in [6.07, 6.45) is 5.31. The van der Waals surface area contributed by atoms with Crippen LogP contribution >= 0.6 is 0 Å². The van der Waals surface area contributed by atoms with E-state index in [1.807, 2.05) is 18.5 Å². The molecule has 1 unspecified atom stereocenters. The minimum Gasteiger partial charge on any atom is -0.367 e. The van der Waals surface area contributed by atoms with Crippen LogP contribution in [-0.2, 0) is 11.2 Å². The summed E-state index contributed by atoms with van der Waals surface area (Å²) in [7, 11) is 2.09. The van der Waals surface area contributed by atoms with Gasteiger partial charge in [0.1, 0.15) is 0 Å². The van der Waals surface area contributed by atoms with E-state index in [-0.39, 0.29) is 11.9 Å². The number of rotatable bonds is 5. The van der Waals surface area contributed by atoms with Crippen LogP contribution in [0.4, 0.5) is 0 Å².